The summed E-state index contributed by atoms with van der Waals surface area (Å²) in [5.41, 5.74) is 6.16. The van der Waals surface area contributed by atoms with Crippen LogP contribution in [-0.2, 0) is 9.59 Å². The molecule has 2 amide bonds. The van der Waals surface area contributed by atoms with E-state index in [1.807, 2.05) is 6.07 Å². The summed E-state index contributed by atoms with van der Waals surface area (Å²) in [5.74, 6) is -0.459. The third-order valence-corrected chi connectivity index (χ3v) is 4.26. The lowest BCUT2D eigenvalue weighted by atomic mass is 10.0. The summed E-state index contributed by atoms with van der Waals surface area (Å²) in [5, 5.41) is 3.47. The molecule has 0 saturated carbocycles. The van der Waals surface area contributed by atoms with Gasteiger partial charge in [0.25, 0.3) is 0 Å². The van der Waals surface area contributed by atoms with Gasteiger partial charge in [-0.25, -0.2) is 0 Å². The van der Waals surface area contributed by atoms with Crippen molar-refractivity contribution in [2.75, 3.05) is 19.6 Å². The second-order valence-corrected chi connectivity index (χ2v) is 5.71. The van der Waals surface area contributed by atoms with Gasteiger partial charge in [0.2, 0.25) is 11.8 Å². The highest BCUT2D eigenvalue weighted by atomic mass is 35.5. The minimum absolute atomic E-state index is 0. The van der Waals surface area contributed by atoms with Crippen LogP contribution < -0.4 is 11.1 Å². The van der Waals surface area contributed by atoms with E-state index in [4.69, 9.17) is 28.9 Å². The largest absolute Gasteiger partial charge is 0.346 e. The van der Waals surface area contributed by atoms with Gasteiger partial charge in [0, 0.05) is 6.54 Å². The molecule has 8 heteroatoms. The molecular weight excluding hydrogens is 349 g/mol. The zero-order chi connectivity index (χ0) is 15.4. The first-order valence-corrected chi connectivity index (χ1v) is 7.49. The van der Waals surface area contributed by atoms with Gasteiger partial charge in [0.15, 0.2) is 0 Å². The fourth-order valence-corrected chi connectivity index (χ4v) is 2.79. The van der Waals surface area contributed by atoms with Crippen LogP contribution in [0.1, 0.15) is 24.4 Å². The fourth-order valence-electron chi connectivity index (χ4n) is 2.48. The normalized spacial score (nSPS) is 17.0. The molecule has 1 saturated heterocycles. The fraction of sp³-hybridized carbons (Fsp3) is 0.429. The van der Waals surface area contributed by atoms with Gasteiger partial charge in [-0.15, -0.1) is 12.4 Å². The zero-order valence-electron chi connectivity index (χ0n) is 11.9. The Balaban J connectivity index is 0.00000242. The van der Waals surface area contributed by atoms with Gasteiger partial charge >= 0.3 is 0 Å². The van der Waals surface area contributed by atoms with Crippen molar-refractivity contribution < 1.29 is 9.59 Å². The van der Waals surface area contributed by atoms with Crippen molar-refractivity contribution >= 4 is 47.4 Å². The average molecular weight is 367 g/mol. The lowest BCUT2D eigenvalue weighted by molar-refractivity contribution is -0.133. The Morgan fingerprint density at radius 3 is 2.68 bits per heavy atom. The molecule has 1 unspecified atom stereocenters. The number of nitrogens with zero attached hydrogens (tertiary/aromatic N) is 1. The molecule has 1 aromatic rings. The van der Waals surface area contributed by atoms with Crippen LogP contribution in [0, 0.1) is 0 Å². The standard InChI is InChI=1S/C14H17Cl2N3O2.ClH/c15-10-4-3-9(6-11(10)16)12-2-1-5-19(12)14(21)8-18-13(20)7-17;/h3-4,6,12H,1-2,5,7-8,17H2,(H,18,20);1H. The molecule has 1 aliphatic rings. The summed E-state index contributed by atoms with van der Waals surface area (Å²) in [6.45, 7) is 0.513. The van der Waals surface area contributed by atoms with Crippen LogP contribution in [0.5, 0.6) is 0 Å². The highest BCUT2D eigenvalue weighted by molar-refractivity contribution is 6.42. The van der Waals surface area contributed by atoms with E-state index in [2.05, 4.69) is 5.32 Å². The van der Waals surface area contributed by atoms with Crippen molar-refractivity contribution in [1.29, 1.82) is 0 Å². The van der Waals surface area contributed by atoms with E-state index in [1.54, 1.807) is 17.0 Å². The van der Waals surface area contributed by atoms with Crippen LogP contribution in [0.25, 0.3) is 0 Å². The van der Waals surface area contributed by atoms with Gasteiger partial charge < -0.3 is 16.0 Å². The predicted octanol–water partition coefficient (Wildman–Crippen LogP) is 2.15. The average Bonchev–Trinajstić information content (AvgIpc) is 2.96. The molecular formula is C14H18Cl3N3O2. The molecule has 1 fully saturated rings. The van der Waals surface area contributed by atoms with Crippen LogP contribution in [0.15, 0.2) is 18.2 Å². The molecule has 2 rings (SSSR count). The first kappa shape index (κ1) is 19.0. The van der Waals surface area contributed by atoms with Crippen molar-refractivity contribution in [3.8, 4) is 0 Å². The maximum Gasteiger partial charge on any atom is 0.242 e. The summed E-state index contributed by atoms with van der Waals surface area (Å²) < 4.78 is 0. The van der Waals surface area contributed by atoms with Crippen LogP contribution in [0.3, 0.4) is 0 Å². The SMILES string of the molecule is Cl.NCC(=O)NCC(=O)N1CCCC1c1ccc(Cl)c(Cl)c1. The van der Waals surface area contributed by atoms with E-state index in [1.165, 1.54) is 0 Å². The molecule has 1 heterocycles. The quantitative estimate of drug-likeness (QED) is 0.857. The van der Waals surface area contributed by atoms with Gasteiger partial charge in [-0.1, -0.05) is 29.3 Å². The van der Waals surface area contributed by atoms with Gasteiger partial charge in [-0.2, -0.15) is 0 Å². The Morgan fingerprint density at radius 1 is 1.32 bits per heavy atom. The number of carbonyl (C=O) groups excluding carboxylic acids is 2. The zero-order valence-corrected chi connectivity index (χ0v) is 14.2. The molecule has 1 atom stereocenters. The predicted molar refractivity (Wildman–Crippen MR) is 89.5 cm³/mol. The number of hydrogen-bond acceptors (Lipinski definition) is 3. The van der Waals surface area contributed by atoms with Crippen molar-refractivity contribution in [3.05, 3.63) is 33.8 Å². The van der Waals surface area contributed by atoms with E-state index < -0.39 is 0 Å². The Kier molecular flexibility index (Phi) is 7.42. The second-order valence-electron chi connectivity index (χ2n) is 4.90. The summed E-state index contributed by atoms with van der Waals surface area (Å²) in [6.07, 6.45) is 1.79. The Labute approximate surface area is 145 Å². The van der Waals surface area contributed by atoms with Crippen LogP contribution in [0.4, 0.5) is 0 Å². The maximum absolute atomic E-state index is 12.2. The summed E-state index contributed by atoms with van der Waals surface area (Å²) in [6, 6.07) is 5.37. The molecule has 0 bridgehead atoms. The Hall–Kier alpha value is -1.01. The van der Waals surface area contributed by atoms with Crippen molar-refractivity contribution in [1.82, 2.24) is 10.2 Å². The number of benzene rings is 1. The topological polar surface area (TPSA) is 75.4 Å². The Morgan fingerprint density at radius 2 is 2.05 bits per heavy atom. The smallest absolute Gasteiger partial charge is 0.242 e. The van der Waals surface area contributed by atoms with E-state index in [-0.39, 0.29) is 43.4 Å². The van der Waals surface area contributed by atoms with E-state index in [0.29, 0.717) is 16.6 Å². The monoisotopic (exact) mass is 365 g/mol. The molecule has 0 radical (unpaired) electrons. The molecule has 5 nitrogen and oxygen atoms in total. The molecule has 0 aromatic heterocycles. The van der Waals surface area contributed by atoms with Crippen molar-refractivity contribution in [2.45, 2.75) is 18.9 Å². The van der Waals surface area contributed by atoms with Gasteiger partial charge in [0.05, 0.1) is 29.2 Å². The second kappa shape index (κ2) is 8.58. The number of hydrogen-bond donors (Lipinski definition) is 2. The molecule has 122 valence electrons. The van der Waals surface area contributed by atoms with Crippen LogP contribution >= 0.6 is 35.6 Å². The third-order valence-electron chi connectivity index (χ3n) is 3.52. The number of halogens is 3. The molecule has 22 heavy (non-hydrogen) atoms. The number of rotatable bonds is 4. The van der Waals surface area contributed by atoms with E-state index in [0.717, 1.165) is 18.4 Å². The molecule has 3 N–H and O–H groups in total. The molecule has 1 aliphatic heterocycles. The number of nitrogens with two attached hydrogens (primary N) is 1. The highest BCUT2D eigenvalue weighted by Crippen LogP contribution is 2.34. The number of carbonyl (C=O) groups is 2. The van der Waals surface area contributed by atoms with Gasteiger partial charge in [-0.05, 0) is 30.5 Å². The van der Waals surface area contributed by atoms with Gasteiger partial charge in [-0.3, -0.25) is 9.59 Å². The van der Waals surface area contributed by atoms with Gasteiger partial charge in [0.1, 0.15) is 0 Å². The first-order valence-electron chi connectivity index (χ1n) is 6.74. The number of likely N-dealkylation sites (tertiary alicyclic amines) is 1. The van der Waals surface area contributed by atoms with E-state index in [9.17, 15) is 9.59 Å². The summed E-state index contributed by atoms with van der Waals surface area (Å²) >= 11 is 11.9. The lowest BCUT2D eigenvalue weighted by Crippen LogP contribution is -2.41. The Bertz CT molecular complexity index is 554. The van der Waals surface area contributed by atoms with Crippen LogP contribution in [0.2, 0.25) is 10.0 Å². The lowest BCUT2D eigenvalue weighted by Gasteiger charge is -2.25. The maximum atomic E-state index is 12.2. The van der Waals surface area contributed by atoms with Crippen molar-refractivity contribution in [2.24, 2.45) is 5.73 Å². The summed E-state index contributed by atoms with van der Waals surface area (Å²) in [7, 11) is 0. The molecule has 1 aromatic carbocycles. The minimum atomic E-state index is -0.339. The molecule has 0 aliphatic carbocycles. The first-order chi connectivity index (χ1) is 10.0. The summed E-state index contributed by atoms with van der Waals surface area (Å²) in [4.78, 5) is 25.1. The van der Waals surface area contributed by atoms with Crippen molar-refractivity contribution in [3.63, 3.8) is 0 Å². The highest BCUT2D eigenvalue weighted by Gasteiger charge is 2.30. The van der Waals surface area contributed by atoms with E-state index >= 15 is 0 Å². The van der Waals surface area contributed by atoms with Crippen LogP contribution in [-0.4, -0.2) is 36.3 Å². The molecule has 0 spiro atoms. The number of nitrogens with one attached hydrogen (secondary N) is 1. The number of amides is 2. The minimum Gasteiger partial charge on any atom is -0.346 e. The third kappa shape index (κ3) is 4.49.